The molecule has 0 atom stereocenters. The maximum atomic E-state index is 12.8. The molecule has 0 saturated carbocycles. The van der Waals surface area contributed by atoms with E-state index in [-0.39, 0.29) is 30.0 Å². The maximum absolute atomic E-state index is 12.8. The molecule has 0 spiro atoms. The predicted octanol–water partition coefficient (Wildman–Crippen LogP) is 0.988. The number of nitrogens with one attached hydrogen (secondary N) is 1. The Morgan fingerprint density at radius 2 is 1.79 bits per heavy atom. The molecule has 28 heavy (non-hydrogen) atoms. The zero-order valence-electron chi connectivity index (χ0n) is 15.1. The number of benzene rings is 2. The molecule has 1 aliphatic heterocycles. The van der Waals surface area contributed by atoms with Crippen molar-refractivity contribution in [3.05, 3.63) is 59.7 Å². The van der Waals surface area contributed by atoms with Gasteiger partial charge in [-0.25, -0.2) is 8.42 Å². The van der Waals surface area contributed by atoms with Gasteiger partial charge in [0, 0.05) is 24.3 Å². The van der Waals surface area contributed by atoms with Crippen LogP contribution in [0.4, 0.5) is 5.69 Å². The van der Waals surface area contributed by atoms with E-state index >= 15 is 0 Å². The second kappa shape index (κ2) is 8.51. The molecule has 2 aromatic rings. The molecular weight excluding hydrogens is 382 g/mol. The van der Waals surface area contributed by atoms with Gasteiger partial charge in [-0.2, -0.15) is 4.31 Å². The number of carbonyl (C=O) groups excluding carboxylic acids is 2. The third kappa shape index (κ3) is 4.56. The second-order valence-electron chi connectivity index (χ2n) is 6.30. The van der Waals surface area contributed by atoms with Crippen molar-refractivity contribution in [1.82, 2.24) is 4.31 Å². The first-order valence-corrected chi connectivity index (χ1v) is 10.2. The highest BCUT2D eigenvalue weighted by Gasteiger charge is 2.27. The van der Waals surface area contributed by atoms with Gasteiger partial charge in [0.1, 0.15) is 0 Å². The number of carbonyl (C=O) groups is 2. The number of nitrogens with two attached hydrogens (primary N) is 1. The molecule has 9 heteroatoms. The number of hydrogen-bond acceptors (Lipinski definition) is 5. The van der Waals surface area contributed by atoms with Crippen LogP contribution < -0.4 is 11.1 Å². The van der Waals surface area contributed by atoms with Gasteiger partial charge in [-0.15, -0.1) is 0 Å². The van der Waals surface area contributed by atoms with Crippen LogP contribution in [0, 0.1) is 0 Å². The van der Waals surface area contributed by atoms with Crippen molar-refractivity contribution >= 4 is 27.5 Å². The molecule has 0 aromatic heterocycles. The monoisotopic (exact) mass is 403 g/mol. The Bertz CT molecular complexity index is 985. The van der Waals surface area contributed by atoms with Crippen molar-refractivity contribution in [2.45, 2.75) is 11.3 Å². The van der Waals surface area contributed by atoms with Crippen molar-refractivity contribution in [2.24, 2.45) is 5.73 Å². The molecule has 2 aromatic carbocycles. The molecular formula is C19H21N3O5S. The van der Waals surface area contributed by atoms with Gasteiger partial charge in [-0.1, -0.05) is 24.3 Å². The smallest absolute Gasteiger partial charge is 0.255 e. The largest absolute Gasteiger partial charge is 0.379 e. The summed E-state index contributed by atoms with van der Waals surface area (Å²) in [5.41, 5.74) is 6.47. The summed E-state index contributed by atoms with van der Waals surface area (Å²) in [5.74, 6) is -0.990. The van der Waals surface area contributed by atoms with Gasteiger partial charge in [-0.05, 0) is 29.8 Å². The van der Waals surface area contributed by atoms with Crippen LogP contribution in [0.2, 0.25) is 0 Å². The molecule has 1 heterocycles. The normalized spacial score (nSPS) is 15.1. The van der Waals surface area contributed by atoms with E-state index < -0.39 is 21.8 Å². The topological polar surface area (TPSA) is 119 Å². The van der Waals surface area contributed by atoms with E-state index in [1.807, 2.05) is 0 Å². The maximum Gasteiger partial charge on any atom is 0.255 e. The molecule has 0 aliphatic carbocycles. The molecule has 3 N–H and O–H groups in total. The summed E-state index contributed by atoms with van der Waals surface area (Å²) in [6.45, 7) is 1.24. The van der Waals surface area contributed by atoms with E-state index in [4.69, 9.17) is 10.5 Å². The van der Waals surface area contributed by atoms with Crippen LogP contribution in [0.15, 0.2) is 53.4 Å². The zero-order valence-corrected chi connectivity index (χ0v) is 15.9. The lowest BCUT2D eigenvalue weighted by molar-refractivity contribution is -0.117. The SMILES string of the molecule is NC(=O)Cc1ccccc1NC(=O)c1cccc(S(=O)(=O)N2CCOCC2)c1. The first-order valence-electron chi connectivity index (χ1n) is 8.73. The van der Waals surface area contributed by atoms with Gasteiger partial charge < -0.3 is 15.8 Å². The average Bonchev–Trinajstić information content (AvgIpc) is 2.70. The van der Waals surface area contributed by atoms with Gasteiger partial charge in [-0.3, -0.25) is 9.59 Å². The van der Waals surface area contributed by atoms with Gasteiger partial charge >= 0.3 is 0 Å². The molecule has 8 nitrogen and oxygen atoms in total. The number of anilines is 1. The Hall–Kier alpha value is -2.75. The van der Waals surface area contributed by atoms with E-state index in [9.17, 15) is 18.0 Å². The highest BCUT2D eigenvalue weighted by Crippen LogP contribution is 2.20. The molecule has 0 unspecified atom stereocenters. The van der Waals surface area contributed by atoms with Crippen LogP contribution in [-0.2, 0) is 26.0 Å². The number of morpholine rings is 1. The molecule has 1 saturated heterocycles. The average molecular weight is 403 g/mol. The van der Waals surface area contributed by atoms with Crippen LogP contribution in [0.3, 0.4) is 0 Å². The number of hydrogen-bond donors (Lipinski definition) is 2. The summed E-state index contributed by atoms with van der Waals surface area (Å²) in [6, 6.07) is 12.7. The minimum atomic E-state index is -3.70. The highest BCUT2D eigenvalue weighted by molar-refractivity contribution is 7.89. The van der Waals surface area contributed by atoms with Crippen molar-refractivity contribution in [2.75, 3.05) is 31.6 Å². The lowest BCUT2D eigenvalue weighted by atomic mass is 10.1. The summed E-state index contributed by atoms with van der Waals surface area (Å²) in [6.07, 6.45) is -0.0120. The van der Waals surface area contributed by atoms with Gasteiger partial charge in [0.25, 0.3) is 5.91 Å². The Morgan fingerprint density at radius 1 is 1.07 bits per heavy atom. The summed E-state index contributed by atoms with van der Waals surface area (Å²) in [7, 11) is -3.70. The fourth-order valence-corrected chi connectivity index (χ4v) is 4.37. The first kappa shape index (κ1) is 20.0. The number of primary amides is 1. The van der Waals surface area contributed by atoms with Gasteiger partial charge in [0.2, 0.25) is 15.9 Å². The molecule has 2 amide bonds. The number of sulfonamides is 1. The number of amides is 2. The standard InChI is InChI=1S/C19H21N3O5S/c20-18(23)13-14-4-1-2-7-17(14)21-19(24)15-5-3-6-16(12-15)28(25,26)22-8-10-27-11-9-22/h1-7,12H,8-11,13H2,(H2,20,23)(H,21,24). The lowest BCUT2D eigenvalue weighted by Gasteiger charge is -2.26. The second-order valence-corrected chi connectivity index (χ2v) is 8.24. The van der Waals surface area contributed by atoms with Crippen molar-refractivity contribution in [3.63, 3.8) is 0 Å². The molecule has 0 bridgehead atoms. The van der Waals surface area contributed by atoms with E-state index in [0.717, 1.165) is 0 Å². The third-order valence-corrected chi connectivity index (χ3v) is 6.23. The number of ether oxygens (including phenoxy) is 1. The number of nitrogens with zero attached hydrogens (tertiary/aromatic N) is 1. The van der Waals surface area contributed by atoms with Gasteiger partial charge in [0.15, 0.2) is 0 Å². The Kier molecular flexibility index (Phi) is 6.08. The first-order chi connectivity index (χ1) is 13.4. The Labute approximate surface area is 163 Å². The van der Waals surface area contributed by atoms with E-state index in [0.29, 0.717) is 24.5 Å². The number of rotatable bonds is 6. The lowest BCUT2D eigenvalue weighted by Crippen LogP contribution is -2.40. The molecule has 0 radical (unpaired) electrons. The fraction of sp³-hybridized carbons (Fsp3) is 0.263. The van der Waals surface area contributed by atoms with Crippen molar-refractivity contribution in [1.29, 1.82) is 0 Å². The van der Waals surface area contributed by atoms with Crippen LogP contribution in [-0.4, -0.2) is 50.8 Å². The van der Waals surface area contributed by atoms with E-state index in [1.54, 1.807) is 24.3 Å². The van der Waals surface area contributed by atoms with Crippen LogP contribution in [0.25, 0.3) is 0 Å². The molecule has 148 valence electrons. The summed E-state index contributed by atoms with van der Waals surface area (Å²) in [4.78, 5) is 23.9. The number of para-hydroxylation sites is 1. The predicted molar refractivity (Wildman–Crippen MR) is 103 cm³/mol. The highest BCUT2D eigenvalue weighted by atomic mass is 32.2. The zero-order chi connectivity index (χ0) is 20.1. The summed E-state index contributed by atoms with van der Waals surface area (Å²) in [5, 5.41) is 2.72. The van der Waals surface area contributed by atoms with E-state index in [1.165, 1.54) is 28.6 Å². The third-order valence-electron chi connectivity index (χ3n) is 4.33. The Morgan fingerprint density at radius 3 is 2.50 bits per heavy atom. The van der Waals surface area contributed by atoms with Crippen LogP contribution >= 0.6 is 0 Å². The van der Waals surface area contributed by atoms with Crippen LogP contribution in [0.5, 0.6) is 0 Å². The minimum Gasteiger partial charge on any atom is -0.379 e. The summed E-state index contributed by atoms with van der Waals surface area (Å²) < 4.78 is 32.1. The summed E-state index contributed by atoms with van der Waals surface area (Å²) >= 11 is 0. The quantitative estimate of drug-likeness (QED) is 0.745. The van der Waals surface area contributed by atoms with Crippen LogP contribution in [0.1, 0.15) is 15.9 Å². The van der Waals surface area contributed by atoms with Gasteiger partial charge in [0.05, 0.1) is 24.5 Å². The van der Waals surface area contributed by atoms with E-state index in [2.05, 4.69) is 5.32 Å². The molecule has 1 aliphatic rings. The minimum absolute atomic E-state index is 0.0120. The molecule has 3 rings (SSSR count). The van der Waals surface area contributed by atoms with Crippen molar-refractivity contribution in [3.8, 4) is 0 Å². The fourth-order valence-electron chi connectivity index (χ4n) is 2.91. The Balaban J connectivity index is 1.82. The van der Waals surface area contributed by atoms with Crippen molar-refractivity contribution < 1.29 is 22.7 Å². The molecule has 1 fully saturated rings.